The number of ether oxygens (including phenoxy) is 11. The Morgan fingerprint density at radius 1 is 0.383 bits per heavy atom. The maximum Gasteiger partial charge on any atom is 0.305 e. The van der Waals surface area contributed by atoms with Gasteiger partial charge in [0.05, 0.1) is 0 Å². The summed E-state index contributed by atoms with van der Waals surface area (Å²) in [6.07, 6.45) is -16.3. The molecule has 0 N–H and O–H groups in total. The lowest BCUT2D eigenvalue weighted by Gasteiger charge is -2.48. The van der Waals surface area contributed by atoms with E-state index in [4.69, 9.17) is 52.1 Å². The maximum atomic E-state index is 12.3. The molecule has 2 aliphatic heterocycles. The van der Waals surface area contributed by atoms with E-state index in [1.54, 1.807) is 0 Å². The summed E-state index contributed by atoms with van der Waals surface area (Å²) in [7, 11) is 0. The Balaban J connectivity index is 2.73. The van der Waals surface area contributed by atoms with Crippen molar-refractivity contribution in [3.8, 4) is 0 Å². The molecule has 2 aliphatic rings. The van der Waals surface area contributed by atoms with E-state index in [1.807, 2.05) is 0 Å². The number of carbonyl (C=O) groups excluding carboxylic acids is 8. The van der Waals surface area contributed by atoms with Gasteiger partial charge in [0.1, 0.15) is 31.5 Å². The topological polar surface area (TPSA) is 238 Å². The largest absolute Gasteiger partial charge is 0.463 e. The Morgan fingerprint density at radius 2 is 0.702 bits per heavy atom. The first-order valence-electron chi connectivity index (χ1n) is 14.2. The van der Waals surface area contributed by atoms with E-state index in [0.29, 0.717) is 0 Å². The summed E-state index contributed by atoms with van der Waals surface area (Å²) < 4.78 is 60.2. The molecule has 0 spiro atoms. The lowest BCUT2D eigenvalue weighted by Crippen LogP contribution is -2.67. The van der Waals surface area contributed by atoms with Crippen molar-refractivity contribution in [1.29, 1.82) is 0 Å². The number of rotatable bonds is 12. The van der Waals surface area contributed by atoms with Crippen LogP contribution in [0.4, 0.5) is 0 Å². The second-order valence-electron chi connectivity index (χ2n) is 10.3. The normalized spacial score (nSPS) is 30.0. The number of hydrogen-bond donors (Lipinski definition) is 0. The second-order valence-corrected chi connectivity index (χ2v) is 10.3. The molecule has 2 saturated heterocycles. The molecule has 0 aliphatic carbocycles. The number of carbonyl (C=O) groups is 8. The summed E-state index contributed by atoms with van der Waals surface area (Å²) in [6.45, 7) is 7.05. The zero-order chi connectivity index (χ0) is 35.6. The fourth-order valence-electron chi connectivity index (χ4n) is 4.73. The first-order chi connectivity index (χ1) is 21.9. The van der Waals surface area contributed by atoms with Crippen LogP contribution in [0, 0.1) is 0 Å². The summed E-state index contributed by atoms with van der Waals surface area (Å²) >= 11 is 0. The lowest BCUT2D eigenvalue weighted by molar-refractivity contribution is -0.357. The molecule has 19 nitrogen and oxygen atoms in total. The Morgan fingerprint density at radius 3 is 1.11 bits per heavy atom. The number of esters is 8. The highest BCUT2D eigenvalue weighted by Crippen LogP contribution is 2.35. The van der Waals surface area contributed by atoms with Crippen molar-refractivity contribution >= 4 is 47.8 Å². The predicted octanol–water partition coefficient (Wildman–Crippen LogP) is -0.831. The third-order valence-electron chi connectivity index (χ3n) is 6.17. The molecular formula is C28H38O19. The molecule has 0 bridgehead atoms. The molecule has 2 fully saturated rings. The molecule has 47 heavy (non-hydrogen) atoms. The van der Waals surface area contributed by atoms with Gasteiger partial charge in [0.25, 0.3) is 0 Å². The molecule has 19 heteroatoms. The molecule has 0 aromatic rings. The molecule has 0 aromatic heterocycles. The van der Waals surface area contributed by atoms with Crippen LogP contribution in [-0.4, -0.2) is 122 Å². The molecule has 0 amide bonds. The van der Waals surface area contributed by atoms with Gasteiger partial charge in [-0.1, -0.05) is 0 Å². The molecule has 10 atom stereocenters. The van der Waals surface area contributed by atoms with Gasteiger partial charge in [-0.25, -0.2) is 0 Å². The van der Waals surface area contributed by atoms with Crippen molar-refractivity contribution < 1.29 is 90.5 Å². The van der Waals surface area contributed by atoms with Crippen molar-refractivity contribution in [1.82, 2.24) is 0 Å². The van der Waals surface area contributed by atoms with Crippen molar-refractivity contribution in [2.24, 2.45) is 0 Å². The van der Waals surface area contributed by atoms with Gasteiger partial charge in [0.2, 0.25) is 12.4 Å². The van der Waals surface area contributed by atoms with E-state index < -0.39 is 122 Å². The van der Waals surface area contributed by atoms with Crippen LogP contribution in [0.3, 0.4) is 0 Å². The molecular weight excluding hydrogens is 640 g/mol. The smallest absolute Gasteiger partial charge is 0.305 e. The Hall–Kier alpha value is -4.36. The number of hydrogen-bond acceptors (Lipinski definition) is 19. The van der Waals surface area contributed by atoms with Crippen molar-refractivity contribution in [2.75, 3.05) is 13.2 Å². The predicted molar refractivity (Wildman–Crippen MR) is 145 cm³/mol. The molecule has 0 radical (unpaired) electrons. The van der Waals surface area contributed by atoms with Gasteiger partial charge in [0.15, 0.2) is 30.7 Å². The van der Waals surface area contributed by atoms with Gasteiger partial charge in [-0.3, -0.25) is 38.4 Å². The summed E-state index contributed by atoms with van der Waals surface area (Å²) in [4.78, 5) is 96.3. The van der Waals surface area contributed by atoms with E-state index in [9.17, 15) is 38.4 Å². The average Bonchev–Trinajstić information content (AvgIpc) is 2.91. The van der Waals surface area contributed by atoms with E-state index >= 15 is 0 Å². The fraction of sp³-hybridized carbons (Fsp3) is 0.714. The zero-order valence-electron chi connectivity index (χ0n) is 26.9. The van der Waals surface area contributed by atoms with E-state index in [0.717, 1.165) is 55.4 Å². The SMILES string of the molecule is CC(=O)OC[C@H]1O[C@H](O[C@H]2[C@H](OC(C)=O)[C@@H](OC(C)=O)C(OC(C)=O)O[C@@H]2COC(C)=O)[C@H](OC(C)=O)[C@@H](OC(C)=O)[C@@H]1OC(C)=O. The first kappa shape index (κ1) is 38.8. The highest BCUT2D eigenvalue weighted by molar-refractivity contribution is 5.70. The summed E-state index contributed by atoms with van der Waals surface area (Å²) in [5.41, 5.74) is 0. The van der Waals surface area contributed by atoms with Gasteiger partial charge in [0, 0.05) is 55.4 Å². The Bertz CT molecular complexity index is 1200. The van der Waals surface area contributed by atoms with E-state index in [1.165, 1.54) is 0 Å². The standard InChI is InChI=1S/C28H38O19/c1-11(29)37-9-19-21(39-13(3)31)23(40-14(4)32)26(43-17(7)35)28(46-19)47-22-20(10-38-12(2)30)45-27(44-18(8)36)25(42-16(6)34)24(22)41-15(5)33/h19-28H,9-10H2,1-8H3/t19-,20-,21-,22-,23+,24+,25-,26-,27?,28-/m1/s1. The molecule has 2 heterocycles. The molecule has 2 rings (SSSR count). The lowest BCUT2D eigenvalue weighted by atomic mass is 9.96. The van der Waals surface area contributed by atoms with Crippen LogP contribution < -0.4 is 0 Å². The minimum absolute atomic E-state index is 0.590. The second kappa shape index (κ2) is 17.5. The minimum atomic E-state index is -1.83. The average molecular weight is 679 g/mol. The summed E-state index contributed by atoms with van der Waals surface area (Å²) in [5, 5.41) is 0. The van der Waals surface area contributed by atoms with Crippen LogP contribution >= 0.6 is 0 Å². The van der Waals surface area contributed by atoms with Gasteiger partial charge in [-0.15, -0.1) is 0 Å². The van der Waals surface area contributed by atoms with Crippen LogP contribution in [-0.2, 0) is 90.5 Å². The highest BCUT2D eigenvalue weighted by Gasteiger charge is 2.58. The van der Waals surface area contributed by atoms with Crippen LogP contribution in [0.15, 0.2) is 0 Å². The Labute approximate surface area is 268 Å². The van der Waals surface area contributed by atoms with Crippen LogP contribution in [0.1, 0.15) is 55.4 Å². The Kier molecular flexibility index (Phi) is 14.5. The van der Waals surface area contributed by atoms with Gasteiger partial charge in [-0.05, 0) is 0 Å². The third-order valence-corrected chi connectivity index (χ3v) is 6.17. The minimum Gasteiger partial charge on any atom is -0.463 e. The maximum absolute atomic E-state index is 12.3. The first-order valence-corrected chi connectivity index (χ1v) is 14.2. The zero-order valence-corrected chi connectivity index (χ0v) is 26.9. The van der Waals surface area contributed by atoms with Crippen molar-refractivity contribution in [3.05, 3.63) is 0 Å². The fourth-order valence-corrected chi connectivity index (χ4v) is 4.73. The van der Waals surface area contributed by atoms with E-state index in [2.05, 4.69) is 0 Å². The van der Waals surface area contributed by atoms with Gasteiger partial charge >= 0.3 is 47.8 Å². The van der Waals surface area contributed by atoms with Crippen molar-refractivity contribution in [3.63, 3.8) is 0 Å². The van der Waals surface area contributed by atoms with E-state index in [-0.39, 0.29) is 0 Å². The quantitative estimate of drug-likeness (QED) is 0.181. The van der Waals surface area contributed by atoms with Crippen LogP contribution in [0.25, 0.3) is 0 Å². The summed E-state index contributed by atoms with van der Waals surface area (Å²) in [5.74, 6) is -7.02. The van der Waals surface area contributed by atoms with Gasteiger partial charge < -0.3 is 52.1 Å². The van der Waals surface area contributed by atoms with Crippen LogP contribution in [0.2, 0.25) is 0 Å². The van der Waals surface area contributed by atoms with Gasteiger partial charge in [-0.2, -0.15) is 0 Å². The molecule has 0 aromatic carbocycles. The van der Waals surface area contributed by atoms with Crippen LogP contribution in [0.5, 0.6) is 0 Å². The molecule has 1 unspecified atom stereocenters. The molecule has 264 valence electrons. The third kappa shape index (κ3) is 12.1. The molecule has 0 saturated carbocycles. The monoisotopic (exact) mass is 678 g/mol. The summed E-state index contributed by atoms with van der Waals surface area (Å²) in [6, 6.07) is 0. The van der Waals surface area contributed by atoms with Crippen molar-refractivity contribution in [2.45, 2.75) is 117 Å². The highest BCUT2D eigenvalue weighted by atomic mass is 16.8.